The van der Waals surface area contributed by atoms with Gasteiger partial charge in [-0.2, -0.15) is 13.2 Å². The van der Waals surface area contributed by atoms with Crippen LogP contribution >= 0.6 is 0 Å². The summed E-state index contributed by atoms with van der Waals surface area (Å²) in [5.74, 6) is 0.461. The third-order valence-electron chi connectivity index (χ3n) is 5.42. The minimum atomic E-state index is -4.36. The predicted molar refractivity (Wildman–Crippen MR) is 91.7 cm³/mol. The molecule has 2 aromatic carbocycles. The quantitative estimate of drug-likeness (QED) is 0.648. The van der Waals surface area contributed by atoms with Crippen molar-refractivity contribution in [1.82, 2.24) is 0 Å². The highest BCUT2D eigenvalue weighted by atomic mass is 19.4. The van der Waals surface area contributed by atoms with Crippen molar-refractivity contribution in [2.24, 2.45) is 0 Å². The van der Waals surface area contributed by atoms with Crippen molar-refractivity contribution in [2.75, 3.05) is 11.9 Å². The summed E-state index contributed by atoms with van der Waals surface area (Å²) in [4.78, 5) is 2.06. The van der Waals surface area contributed by atoms with Gasteiger partial charge in [-0.25, -0.2) is 0 Å². The normalized spacial score (nSPS) is 23.4. The molecule has 2 aromatic rings. The lowest BCUT2D eigenvalue weighted by Crippen LogP contribution is -2.58. The Labute approximate surface area is 144 Å². The number of benzene rings is 2. The fourth-order valence-electron chi connectivity index (χ4n) is 3.95. The topological polar surface area (TPSA) is 12.5 Å². The number of halogens is 3. The van der Waals surface area contributed by atoms with Crippen LogP contribution in [0, 0.1) is 0 Å². The molecule has 2 heterocycles. The SMILES string of the molecule is CN1c2ccccc2C(C)(C)C12C=Cc1cc(C(F)(F)F)ccc1O2. The van der Waals surface area contributed by atoms with Gasteiger partial charge in [-0.15, -0.1) is 0 Å². The monoisotopic (exact) mass is 345 g/mol. The maximum absolute atomic E-state index is 12.9. The van der Waals surface area contributed by atoms with Crippen molar-refractivity contribution in [3.8, 4) is 5.75 Å². The second kappa shape index (κ2) is 4.81. The van der Waals surface area contributed by atoms with E-state index in [1.807, 2.05) is 31.3 Å². The molecular formula is C20H18F3NO. The van der Waals surface area contributed by atoms with Gasteiger partial charge in [0.15, 0.2) is 0 Å². The summed E-state index contributed by atoms with van der Waals surface area (Å²) < 4.78 is 45.2. The Morgan fingerprint density at radius 3 is 2.44 bits per heavy atom. The summed E-state index contributed by atoms with van der Waals surface area (Å²) in [7, 11) is 1.95. The van der Waals surface area contributed by atoms with Crippen LogP contribution in [0.1, 0.15) is 30.5 Å². The van der Waals surface area contributed by atoms with E-state index in [0.29, 0.717) is 11.3 Å². The molecule has 0 N–H and O–H groups in total. The summed E-state index contributed by atoms with van der Waals surface area (Å²) in [6, 6.07) is 11.7. The number of fused-ring (bicyclic) bond motifs is 2. The molecule has 2 aliphatic heterocycles. The van der Waals surface area contributed by atoms with E-state index < -0.39 is 17.5 Å². The number of anilines is 1. The van der Waals surface area contributed by atoms with Gasteiger partial charge in [-0.05, 0) is 55.8 Å². The van der Waals surface area contributed by atoms with E-state index in [2.05, 4.69) is 24.8 Å². The molecular weight excluding hydrogens is 327 g/mol. The summed E-state index contributed by atoms with van der Waals surface area (Å²) >= 11 is 0. The molecule has 2 aliphatic rings. The van der Waals surface area contributed by atoms with Gasteiger partial charge in [0, 0.05) is 18.3 Å². The maximum Gasteiger partial charge on any atom is 0.416 e. The van der Waals surface area contributed by atoms with Crippen LogP contribution in [0.15, 0.2) is 48.5 Å². The second-order valence-electron chi connectivity index (χ2n) is 7.08. The number of nitrogens with zero attached hydrogens (tertiary/aromatic N) is 1. The van der Waals surface area contributed by atoms with Gasteiger partial charge in [-0.1, -0.05) is 18.2 Å². The number of para-hydroxylation sites is 1. The Kier molecular flexibility index (Phi) is 3.09. The number of ether oxygens (including phenoxy) is 1. The van der Waals surface area contributed by atoms with E-state index in [1.165, 1.54) is 6.07 Å². The molecule has 1 spiro atoms. The van der Waals surface area contributed by atoms with E-state index in [9.17, 15) is 13.2 Å². The molecule has 4 rings (SSSR count). The molecule has 0 fully saturated rings. The fraction of sp³-hybridized carbons (Fsp3) is 0.300. The molecule has 0 radical (unpaired) electrons. The first-order valence-electron chi connectivity index (χ1n) is 8.10. The van der Waals surface area contributed by atoms with Gasteiger partial charge >= 0.3 is 6.18 Å². The van der Waals surface area contributed by atoms with E-state index >= 15 is 0 Å². The third kappa shape index (κ3) is 2.04. The van der Waals surface area contributed by atoms with Crippen molar-refractivity contribution in [3.05, 3.63) is 65.2 Å². The molecule has 5 heteroatoms. The Morgan fingerprint density at radius 2 is 1.76 bits per heavy atom. The maximum atomic E-state index is 12.9. The molecule has 0 amide bonds. The molecule has 0 saturated heterocycles. The first kappa shape index (κ1) is 16.1. The zero-order valence-electron chi connectivity index (χ0n) is 14.2. The highest BCUT2D eigenvalue weighted by Crippen LogP contribution is 2.54. The molecule has 0 aliphatic carbocycles. The van der Waals surface area contributed by atoms with Crippen molar-refractivity contribution in [2.45, 2.75) is 31.2 Å². The van der Waals surface area contributed by atoms with Crippen LogP contribution in [-0.2, 0) is 11.6 Å². The summed E-state index contributed by atoms with van der Waals surface area (Å²) in [6.07, 6.45) is -0.759. The minimum absolute atomic E-state index is 0.366. The van der Waals surface area contributed by atoms with Crippen LogP contribution in [0.5, 0.6) is 5.75 Å². The Balaban J connectivity index is 1.82. The van der Waals surface area contributed by atoms with Crippen LogP contribution in [0.2, 0.25) is 0 Å². The minimum Gasteiger partial charge on any atom is -0.463 e. The molecule has 0 bridgehead atoms. The zero-order valence-corrected chi connectivity index (χ0v) is 14.2. The zero-order chi connectivity index (χ0) is 18.0. The smallest absolute Gasteiger partial charge is 0.416 e. The average molecular weight is 345 g/mol. The van der Waals surface area contributed by atoms with Gasteiger partial charge < -0.3 is 9.64 Å². The number of rotatable bonds is 0. The first-order chi connectivity index (χ1) is 11.7. The van der Waals surface area contributed by atoms with Gasteiger partial charge in [0.05, 0.1) is 11.0 Å². The summed E-state index contributed by atoms with van der Waals surface area (Å²) in [6.45, 7) is 4.18. The fourth-order valence-corrected chi connectivity index (χ4v) is 3.95. The molecule has 1 unspecified atom stereocenters. The Morgan fingerprint density at radius 1 is 1.04 bits per heavy atom. The van der Waals surface area contributed by atoms with Gasteiger partial charge in [-0.3, -0.25) is 0 Å². The number of likely N-dealkylation sites (N-methyl/N-ethyl adjacent to an activating group) is 1. The van der Waals surface area contributed by atoms with Crippen LogP contribution in [0.25, 0.3) is 6.08 Å². The van der Waals surface area contributed by atoms with E-state index in [1.54, 1.807) is 6.08 Å². The standard InChI is InChI=1S/C20H18F3NO/c1-18(2)15-6-4-5-7-16(15)24(3)19(18)11-10-13-12-14(20(21,22)23)8-9-17(13)25-19/h4-12H,1-3H3. The van der Waals surface area contributed by atoms with Crippen molar-refractivity contribution in [3.63, 3.8) is 0 Å². The van der Waals surface area contributed by atoms with Crippen molar-refractivity contribution >= 4 is 11.8 Å². The van der Waals surface area contributed by atoms with E-state index in [-0.39, 0.29) is 5.41 Å². The lowest BCUT2D eigenvalue weighted by molar-refractivity contribution is -0.137. The van der Waals surface area contributed by atoms with Gasteiger partial charge in [0.1, 0.15) is 5.75 Å². The number of alkyl halides is 3. The van der Waals surface area contributed by atoms with Gasteiger partial charge in [0.2, 0.25) is 5.72 Å². The predicted octanol–water partition coefficient (Wildman–Crippen LogP) is 5.23. The van der Waals surface area contributed by atoms with Crippen LogP contribution in [-0.4, -0.2) is 12.8 Å². The summed E-state index contributed by atoms with van der Waals surface area (Å²) in [5, 5.41) is 0. The molecule has 0 saturated carbocycles. The van der Waals surface area contributed by atoms with Crippen molar-refractivity contribution < 1.29 is 17.9 Å². The third-order valence-corrected chi connectivity index (χ3v) is 5.42. The Bertz CT molecular complexity index is 885. The molecule has 130 valence electrons. The lowest BCUT2D eigenvalue weighted by atomic mass is 9.76. The molecule has 2 nitrogen and oxygen atoms in total. The highest BCUT2D eigenvalue weighted by molar-refractivity contribution is 5.72. The molecule has 0 aromatic heterocycles. The van der Waals surface area contributed by atoms with Crippen molar-refractivity contribution in [1.29, 1.82) is 0 Å². The lowest BCUT2D eigenvalue weighted by Gasteiger charge is -2.45. The van der Waals surface area contributed by atoms with Gasteiger partial charge in [0.25, 0.3) is 0 Å². The average Bonchev–Trinajstić information content (AvgIpc) is 2.73. The van der Waals surface area contributed by atoms with E-state index in [4.69, 9.17) is 4.74 Å². The molecule has 1 atom stereocenters. The van der Waals surface area contributed by atoms with Crippen LogP contribution in [0.4, 0.5) is 18.9 Å². The highest BCUT2D eigenvalue weighted by Gasteiger charge is 2.57. The first-order valence-corrected chi connectivity index (χ1v) is 8.10. The van der Waals surface area contributed by atoms with Crippen LogP contribution in [0.3, 0.4) is 0 Å². The van der Waals surface area contributed by atoms with E-state index in [0.717, 1.165) is 23.4 Å². The summed E-state index contributed by atoms with van der Waals surface area (Å²) in [5.41, 5.74) is 0.849. The van der Waals surface area contributed by atoms with Crippen LogP contribution < -0.4 is 9.64 Å². The second-order valence-corrected chi connectivity index (χ2v) is 7.08. The Hall–Kier alpha value is -2.43. The number of hydrogen-bond acceptors (Lipinski definition) is 2. The molecule has 25 heavy (non-hydrogen) atoms. The number of hydrogen-bond donors (Lipinski definition) is 0. The largest absolute Gasteiger partial charge is 0.463 e.